The van der Waals surface area contributed by atoms with Crippen LogP contribution in [0.5, 0.6) is 0 Å². The first-order valence-electron chi connectivity index (χ1n) is 8.04. The second-order valence-corrected chi connectivity index (χ2v) is 7.09. The van der Waals surface area contributed by atoms with Crippen LogP contribution in [0.15, 0.2) is 0 Å². The van der Waals surface area contributed by atoms with Crippen LogP contribution in [0.3, 0.4) is 0 Å². The summed E-state index contributed by atoms with van der Waals surface area (Å²) in [6.45, 7) is 4.99. The maximum Gasteiger partial charge on any atom is 0.307 e. The van der Waals surface area contributed by atoms with Gasteiger partial charge in [0.25, 0.3) is 0 Å². The number of hydrogen-bond donors (Lipinski definition) is 1. The number of carboxylic acid groups (broad SMARTS) is 1. The molecule has 0 aromatic rings. The minimum atomic E-state index is -0.814. The summed E-state index contributed by atoms with van der Waals surface area (Å²) in [5.41, 5.74) is 0. The predicted molar refractivity (Wildman–Crippen MR) is 80.9 cm³/mol. The molecule has 5 nitrogen and oxygen atoms in total. The van der Waals surface area contributed by atoms with E-state index in [2.05, 4.69) is 11.9 Å². The zero-order valence-electron chi connectivity index (χ0n) is 13.4. The van der Waals surface area contributed by atoms with Crippen LogP contribution in [-0.4, -0.2) is 60.5 Å². The van der Waals surface area contributed by atoms with E-state index in [1.54, 1.807) is 4.90 Å². The van der Waals surface area contributed by atoms with Gasteiger partial charge in [-0.2, -0.15) is 0 Å². The highest BCUT2D eigenvalue weighted by Gasteiger charge is 2.42. The molecule has 1 aliphatic carbocycles. The van der Waals surface area contributed by atoms with Gasteiger partial charge >= 0.3 is 5.97 Å². The fraction of sp³-hybridized carbons (Fsp3) is 0.875. The first kappa shape index (κ1) is 16.3. The molecule has 1 N–H and O–H groups in total. The maximum atomic E-state index is 12.6. The van der Waals surface area contributed by atoms with Crippen LogP contribution in [0.1, 0.15) is 32.6 Å². The van der Waals surface area contributed by atoms with Crippen molar-refractivity contribution in [2.24, 2.45) is 23.7 Å². The SMILES string of the molecule is CC1CC(C(=O)O)C(C(=O)N(C)CC2CCN(C)CC2)C1. The van der Waals surface area contributed by atoms with Gasteiger partial charge in [0.15, 0.2) is 0 Å². The minimum Gasteiger partial charge on any atom is -0.481 e. The Hall–Kier alpha value is -1.10. The molecule has 0 spiro atoms. The van der Waals surface area contributed by atoms with E-state index in [0.717, 1.165) is 32.5 Å². The van der Waals surface area contributed by atoms with E-state index in [0.29, 0.717) is 24.7 Å². The summed E-state index contributed by atoms with van der Waals surface area (Å²) in [6, 6.07) is 0. The Morgan fingerprint density at radius 2 is 1.76 bits per heavy atom. The molecule has 1 saturated carbocycles. The quantitative estimate of drug-likeness (QED) is 0.855. The van der Waals surface area contributed by atoms with Crippen LogP contribution >= 0.6 is 0 Å². The average Bonchev–Trinajstić information content (AvgIpc) is 2.82. The van der Waals surface area contributed by atoms with E-state index in [9.17, 15) is 14.7 Å². The third kappa shape index (κ3) is 3.96. The molecule has 0 radical (unpaired) electrons. The molecule has 5 heteroatoms. The number of hydrogen-bond acceptors (Lipinski definition) is 3. The van der Waals surface area contributed by atoms with Gasteiger partial charge in [0, 0.05) is 13.6 Å². The average molecular weight is 296 g/mol. The number of carbonyl (C=O) groups is 2. The number of likely N-dealkylation sites (tertiary alicyclic amines) is 1. The molecule has 3 unspecified atom stereocenters. The van der Waals surface area contributed by atoms with Gasteiger partial charge < -0.3 is 14.9 Å². The van der Waals surface area contributed by atoms with Crippen molar-refractivity contribution in [2.75, 3.05) is 33.7 Å². The van der Waals surface area contributed by atoms with E-state index < -0.39 is 11.9 Å². The number of piperidine rings is 1. The van der Waals surface area contributed by atoms with Crippen molar-refractivity contribution in [3.63, 3.8) is 0 Å². The minimum absolute atomic E-state index is 0.0330. The van der Waals surface area contributed by atoms with Gasteiger partial charge in [-0.1, -0.05) is 6.92 Å². The first-order valence-corrected chi connectivity index (χ1v) is 8.04. The van der Waals surface area contributed by atoms with Crippen molar-refractivity contribution in [3.05, 3.63) is 0 Å². The van der Waals surface area contributed by atoms with Crippen LogP contribution in [0.4, 0.5) is 0 Å². The van der Waals surface area contributed by atoms with Gasteiger partial charge in [-0.15, -0.1) is 0 Å². The lowest BCUT2D eigenvalue weighted by Crippen LogP contribution is -2.41. The van der Waals surface area contributed by atoms with Gasteiger partial charge in [-0.05, 0) is 57.7 Å². The summed E-state index contributed by atoms with van der Waals surface area (Å²) in [6.07, 6.45) is 3.59. The van der Waals surface area contributed by atoms with E-state index >= 15 is 0 Å². The molecule has 21 heavy (non-hydrogen) atoms. The second kappa shape index (κ2) is 6.77. The third-order valence-electron chi connectivity index (χ3n) is 5.18. The number of aliphatic carboxylic acids is 1. The predicted octanol–water partition coefficient (Wildman–Crippen LogP) is 1.53. The van der Waals surface area contributed by atoms with Crippen LogP contribution < -0.4 is 0 Å². The lowest BCUT2D eigenvalue weighted by Gasteiger charge is -2.32. The fourth-order valence-corrected chi connectivity index (χ4v) is 3.84. The van der Waals surface area contributed by atoms with Gasteiger partial charge in [0.05, 0.1) is 11.8 Å². The topological polar surface area (TPSA) is 60.9 Å². The van der Waals surface area contributed by atoms with Gasteiger partial charge in [-0.25, -0.2) is 0 Å². The fourth-order valence-electron chi connectivity index (χ4n) is 3.84. The first-order chi connectivity index (χ1) is 9.88. The molecule has 2 rings (SSSR count). The molecule has 1 amide bonds. The molecule has 0 aromatic heterocycles. The summed E-state index contributed by atoms with van der Waals surface area (Å²) in [5, 5.41) is 9.31. The Bertz CT molecular complexity index is 391. The summed E-state index contributed by atoms with van der Waals surface area (Å²) in [5.74, 6) is -0.716. The summed E-state index contributed by atoms with van der Waals surface area (Å²) in [4.78, 5) is 28.0. The van der Waals surface area contributed by atoms with E-state index in [-0.39, 0.29) is 11.8 Å². The zero-order chi connectivity index (χ0) is 15.6. The highest BCUT2D eigenvalue weighted by atomic mass is 16.4. The molecule has 2 fully saturated rings. The lowest BCUT2D eigenvalue weighted by molar-refractivity contribution is -0.148. The van der Waals surface area contributed by atoms with Gasteiger partial charge in [-0.3, -0.25) is 9.59 Å². The molecular formula is C16H28N2O3. The lowest BCUT2D eigenvalue weighted by atomic mass is 9.93. The molecule has 1 heterocycles. The Morgan fingerprint density at radius 1 is 1.19 bits per heavy atom. The number of nitrogens with zero attached hydrogens (tertiary/aromatic N) is 2. The Kier molecular flexibility index (Phi) is 5.25. The van der Waals surface area contributed by atoms with Crippen molar-refractivity contribution in [1.82, 2.24) is 9.80 Å². The zero-order valence-corrected chi connectivity index (χ0v) is 13.4. The molecule has 1 saturated heterocycles. The summed E-state index contributed by atoms with van der Waals surface area (Å²) in [7, 11) is 3.96. The normalized spacial score (nSPS) is 31.3. The largest absolute Gasteiger partial charge is 0.481 e. The number of amides is 1. The standard InChI is InChI=1S/C16H28N2O3/c1-11-8-13(14(9-11)16(20)21)15(19)18(3)10-12-4-6-17(2)7-5-12/h11-14H,4-10H2,1-3H3,(H,20,21). The van der Waals surface area contributed by atoms with E-state index in [4.69, 9.17) is 0 Å². The Balaban J connectivity index is 1.91. The molecule has 0 bridgehead atoms. The number of carbonyl (C=O) groups excluding carboxylic acids is 1. The smallest absolute Gasteiger partial charge is 0.307 e. The van der Waals surface area contributed by atoms with E-state index in [1.807, 2.05) is 14.0 Å². The highest BCUT2D eigenvalue weighted by Crippen LogP contribution is 2.37. The third-order valence-corrected chi connectivity index (χ3v) is 5.18. The van der Waals surface area contributed by atoms with Crippen LogP contribution in [0, 0.1) is 23.7 Å². The van der Waals surface area contributed by atoms with Crippen molar-refractivity contribution in [3.8, 4) is 0 Å². The molecular weight excluding hydrogens is 268 g/mol. The van der Waals surface area contributed by atoms with Crippen LogP contribution in [0.25, 0.3) is 0 Å². The van der Waals surface area contributed by atoms with Crippen molar-refractivity contribution >= 4 is 11.9 Å². The highest BCUT2D eigenvalue weighted by molar-refractivity contribution is 5.85. The van der Waals surface area contributed by atoms with Gasteiger partial charge in [0.1, 0.15) is 0 Å². The number of carboxylic acids is 1. The maximum absolute atomic E-state index is 12.6. The molecule has 2 aliphatic rings. The van der Waals surface area contributed by atoms with Crippen molar-refractivity contribution in [2.45, 2.75) is 32.6 Å². The Morgan fingerprint density at radius 3 is 2.33 bits per heavy atom. The molecule has 3 atom stereocenters. The molecule has 1 aliphatic heterocycles. The van der Waals surface area contributed by atoms with Crippen molar-refractivity contribution < 1.29 is 14.7 Å². The Labute approximate surface area is 127 Å². The van der Waals surface area contributed by atoms with E-state index in [1.165, 1.54) is 0 Å². The molecule has 0 aromatic carbocycles. The van der Waals surface area contributed by atoms with Crippen molar-refractivity contribution in [1.29, 1.82) is 0 Å². The number of rotatable bonds is 4. The molecule has 120 valence electrons. The van der Waals surface area contributed by atoms with Crippen LogP contribution in [-0.2, 0) is 9.59 Å². The second-order valence-electron chi connectivity index (χ2n) is 7.09. The summed E-state index contributed by atoms with van der Waals surface area (Å²) < 4.78 is 0. The summed E-state index contributed by atoms with van der Waals surface area (Å²) >= 11 is 0. The van der Waals surface area contributed by atoms with Crippen LogP contribution in [0.2, 0.25) is 0 Å². The monoisotopic (exact) mass is 296 g/mol. The van der Waals surface area contributed by atoms with Gasteiger partial charge in [0.2, 0.25) is 5.91 Å².